The van der Waals surface area contributed by atoms with Gasteiger partial charge in [0.2, 0.25) is 0 Å². The Kier molecular flexibility index (Phi) is 3.93. The van der Waals surface area contributed by atoms with Gasteiger partial charge in [0, 0.05) is 13.2 Å². The quantitative estimate of drug-likeness (QED) is 0.815. The maximum Gasteiger partial charge on any atom is 0.269 e. The van der Waals surface area contributed by atoms with Crippen molar-refractivity contribution in [1.82, 2.24) is 10.3 Å². The molecule has 0 aliphatic carbocycles. The Morgan fingerprint density at radius 2 is 2.47 bits per heavy atom. The summed E-state index contributed by atoms with van der Waals surface area (Å²) >= 11 is 0. The van der Waals surface area contributed by atoms with E-state index in [0.29, 0.717) is 24.0 Å². The molecule has 17 heavy (non-hydrogen) atoms. The Morgan fingerprint density at radius 3 is 3.12 bits per heavy atom. The van der Waals surface area contributed by atoms with Crippen LogP contribution in [0.4, 0.5) is 5.69 Å². The van der Waals surface area contributed by atoms with Crippen LogP contribution in [0.1, 0.15) is 29.8 Å². The first-order valence-corrected chi connectivity index (χ1v) is 5.87. The van der Waals surface area contributed by atoms with Gasteiger partial charge < -0.3 is 15.8 Å². The number of rotatable bonds is 4. The highest BCUT2D eigenvalue weighted by molar-refractivity contribution is 5.92. The van der Waals surface area contributed by atoms with E-state index in [2.05, 4.69) is 10.3 Å². The topological polar surface area (TPSA) is 77.2 Å². The van der Waals surface area contributed by atoms with Crippen LogP contribution < -0.4 is 11.1 Å². The van der Waals surface area contributed by atoms with Crippen molar-refractivity contribution in [2.75, 3.05) is 18.9 Å². The number of carbonyl (C=O) groups excluding carboxylic acids is 1. The summed E-state index contributed by atoms with van der Waals surface area (Å²) in [5.74, 6) is -0.164. The molecule has 1 saturated heterocycles. The van der Waals surface area contributed by atoms with Crippen molar-refractivity contribution in [2.24, 2.45) is 0 Å². The van der Waals surface area contributed by atoms with Crippen LogP contribution in [0.2, 0.25) is 0 Å². The van der Waals surface area contributed by atoms with Gasteiger partial charge in [-0.2, -0.15) is 0 Å². The fourth-order valence-electron chi connectivity index (χ4n) is 1.85. The zero-order chi connectivity index (χ0) is 12.1. The maximum absolute atomic E-state index is 11.7. The third-order valence-corrected chi connectivity index (χ3v) is 2.79. The molecule has 1 aliphatic rings. The summed E-state index contributed by atoms with van der Waals surface area (Å²) in [5.41, 5.74) is 6.45. The van der Waals surface area contributed by atoms with Gasteiger partial charge in [0.15, 0.2) is 0 Å². The second-order valence-corrected chi connectivity index (χ2v) is 4.16. The average Bonchev–Trinajstić information content (AvgIpc) is 2.83. The molecule has 1 fully saturated rings. The van der Waals surface area contributed by atoms with Gasteiger partial charge in [0.25, 0.3) is 5.91 Å². The lowest BCUT2D eigenvalue weighted by molar-refractivity contribution is 0.0903. The van der Waals surface area contributed by atoms with Gasteiger partial charge in [-0.1, -0.05) is 0 Å². The highest BCUT2D eigenvalue weighted by Crippen LogP contribution is 2.14. The first-order valence-electron chi connectivity index (χ1n) is 5.87. The molecule has 1 atom stereocenters. The van der Waals surface area contributed by atoms with Gasteiger partial charge in [-0.15, -0.1) is 0 Å². The number of amides is 1. The number of nitrogens with two attached hydrogens (primary N) is 1. The lowest BCUT2D eigenvalue weighted by atomic mass is 10.2. The first-order chi connectivity index (χ1) is 8.25. The number of nitrogens with one attached hydrogen (secondary N) is 1. The Hall–Kier alpha value is -1.62. The number of nitrogen functional groups attached to an aromatic ring is 1. The second-order valence-electron chi connectivity index (χ2n) is 4.16. The van der Waals surface area contributed by atoms with Gasteiger partial charge in [0.1, 0.15) is 5.69 Å². The molecule has 1 aromatic rings. The molecule has 5 heteroatoms. The van der Waals surface area contributed by atoms with Gasteiger partial charge in [0.05, 0.1) is 18.0 Å². The highest BCUT2D eigenvalue weighted by Gasteiger charge is 2.15. The van der Waals surface area contributed by atoms with Crippen LogP contribution in [0.5, 0.6) is 0 Å². The standard InChI is InChI=1S/C12H17N3O2/c13-9-3-4-11(15-8-9)12(16)14-6-5-10-2-1-7-17-10/h3-4,8,10H,1-2,5-7,13H2,(H,14,16). The molecule has 5 nitrogen and oxygen atoms in total. The zero-order valence-corrected chi connectivity index (χ0v) is 9.69. The van der Waals surface area contributed by atoms with E-state index in [-0.39, 0.29) is 5.91 Å². The fraction of sp³-hybridized carbons (Fsp3) is 0.500. The van der Waals surface area contributed by atoms with Crippen LogP contribution in [0, 0.1) is 0 Å². The van der Waals surface area contributed by atoms with Crippen molar-refractivity contribution < 1.29 is 9.53 Å². The molecule has 1 unspecified atom stereocenters. The smallest absolute Gasteiger partial charge is 0.269 e. The summed E-state index contributed by atoms with van der Waals surface area (Å²) in [5, 5.41) is 2.82. The number of nitrogens with zero attached hydrogens (tertiary/aromatic N) is 1. The van der Waals surface area contributed by atoms with E-state index in [0.717, 1.165) is 25.9 Å². The van der Waals surface area contributed by atoms with Gasteiger partial charge >= 0.3 is 0 Å². The summed E-state index contributed by atoms with van der Waals surface area (Å²) in [6.07, 6.45) is 4.86. The number of hydrogen-bond donors (Lipinski definition) is 2. The van der Waals surface area contributed by atoms with Crippen LogP contribution in [-0.4, -0.2) is 30.1 Å². The van der Waals surface area contributed by atoms with Crippen molar-refractivity contribution >= 4 is 11.6 Å². The molecule has 92 valence electrons. The Bertz CT molecular complexity index is 372. The third kappa shape index (κ3) is 3.42. The molecule has 0 spiro atoms. The van der Waals surface area contributed by atoms with Crippen molar-refractivity contribution in [3.05, 3.63) is 24.0 Å². The minimum atomic E-state index is -0.164. The summed E-state index contributed by atoms with van der Waals surface area (Å²) in [7, 11) is 0. The van der Waals surface area contributed by atoms with Crippen LogP contribution in [0.25, 0.3) is 0 Å². The molecule has 1 amide bonds. The van der Waals surface area contributed by atoms with E-state index in [9.17, 15) is 4.79 Å². The minimum Gasteiger partial charge on any atom is -0.397 e. The SMILES string of the molecule is Nc1ccc(C(=O)NCCC2CCCO2)nc1. The number of hydrogen-bond acceptors (Lipinski definition) is 4. The van der Waals surface area contributed by atoms with Crippen LogP contribution >= 0.6 is 0 Å². The molecular weight excluding hydrogens is 218 g/mol. The molecule has 2 rings (SSSR count). The zero-order valence-electron chi connectivity index (χ0n) is 9.69. The van der Waals surface area contributed by atoms with Crippen molar-refractivity contribution in [1.29, 1.82) is 0 Å². The molecule has 1 aliphatic heterocycles. The Labute approximate surface area is 100 Å². The number of aromatic nitrogens is 1. The highest BCUT2D eigenvalue weighted by atomic mass is 16.5. The van der Waals surface area contributed by atoms with Gasteiger partial charge in [-0.05, 0) is 31.4 Å². The lowest BCUT2D eigenvalue weighted by Gasteiger charge is -2.09. The van der Waals surface area contributed by atoms with E-state index >= 15 is 0 Å². The van der Waals surface area contributed by atoms with E-state index in [1.54, 1.807) is 12.1 Å². The number of carbonyl (C=O) groups is 1. The van der Waals surface area contributed by atoms with Crippen LogP contribution in [0.15, 0.2) is 18.3 Å². The first kappa shape index (κ1) is 11.9. The summed E-state index contributed by atoms with van der Waals surface area (Å²) in [6, 6.07) is 3.29. The maximum atomic E-state index is 11.7. The summed E-state index contributed by atoms with van der Waals surface area (Å²) in [4.78, 5) is 15.6. The van der Waals surface area contributed by atoms with Gasteiger partial charge in [-0.25, -0.2) is 4.98 Å². The molecule has 1 aromatic heterocycles. The summed E-state index contributed by atoms with van der Waals surface area (Å²) < 4.78 is 5.47. The largest absolute Gasteiger partial charge is 0.397 e. The van der Waals surface area contributed by atoms with Crippen molar-refractivity contribution in [3.8, 4) is 0 Å². The molecule has 0 radical (unpaired) electrons. The normalized spacial score (nSPS) is 19.2. The second kappa shape index (κ2) is 5.63. The predicted molar refractivity (Wildman–Crippen MR) is 64.6 cm³/mol. The van der Waals surface area contributed by atoms with E-state index in [1.165, 1.54) is 6.20 Å². The number of anilines is 1. The number of pyridine rings is 1. The minimum absolute atomic E-state index is 0.164. The monoisotopic (exact) mass is 235 g/mol. The molecule has 3 N–H and O–H groups in total. The third-order valence-electron chi connectivity index (χ3n) is 2.79. The van der Waals surface area contributed by atoms with Crippen molar-refractivity contribution in [3.63, 3.8) is 0 Å². The van der Waals surface area contributed by atoms with E-state index < -0.39 is 0 Å². The molecule has 0 bridgehead atoms. The van der Waals surface area contributed by atoms with E-state index in [4.69, 9.17) is 10.5 Å². The molecule has 0 saturated carbocycles. The average molecular weight is 235 g/mol. The summed E-state index contributed by atoms with van der Waals surface area (Å²) in [6.45, 7) is 1.47. The Morgan fingerprint density at radius 1 is 1.59 bits per heavy atom. The van der Waals surface area contributed by atoms with Crippen LogP contribution in [-0.2, 0) is 4.74 Å². The predicted octanol–water partition coefficient (Wildman–Crippen LogP) is 0.963. The number of ether oxygens (including phenoxy) is 1. The Balaban J connectivity index is 1.75. The fourth-order valence-corrected chi connectivity index (χ4v) is 1.85. The van der Waals surface area contributed by atoms with Gasteiger partial charge in [-0.3, -0.25) is 4.79 Å². The van der Waals surface area contributed by atoms with E-state index in [1.807, 2.05) is 0 Å². The lowest BCUT2D eigenvalue weighted by Crippen LogP contribution is -2.27. The van der Waals surface area contributed by atoms with Crippen molar-refractivity contribution in [2.45, 2.75) is 25.4 Å². The van der Waals surface area contributed by atoms with Crippen LogP contribution in [0.3, 0.4) is 0 Å². The molecular formula is C12H17N3O2. The molecule has 2 heterocycles. The molecule has 0 aromatic carbocycles.